The summed E-state index contributed by atoms with van der Waals surface area (Å²) in [6.07, 6.45) is 3.18. The molecule has 1 amide bonds. The number of hydrogen-bond donors (Lipinski definition) is 1. The van der Waals surface area contributed by atoms with Crippen LogP contribution in [-0.2, 0) is 22.6 Å². The standard InChI is InChI=1S/C24H40N4O3/c1-24(2,3)31-23(29)28(6)18-21-9-7-20(8-10-21)17-26-22(25-4)27(5)14-11-19-12-15-30-16-13-19/h7-10,19H,11-18H2,1-6H3,(H,25,26). The molecule has 174 valence electrons. The van der Waals surface area contributed by atoms with Crippen molar-refractivity contribution in [1.29, 1.82) is 0 Å². The minimum absolute atomic E-state index is 0.314. The molecule has 31 heavy (non-hydrogen) atoms. The Balaban J connectivity index is 1.78. The molecule has 1 aliphatic heterocycles. The van der Waals surface area contributed by atoms with Gasteiger partial charge < -0.3 is 24.6 Å². The lowest BCUT2D eigenvalue weighted by Gasteiger charge is -2.27. The average molecular weight is 433 g/mol. The Morgan fingerprint density at radius 2 is 1.74 bits per heavy atom. The lowest BCUT2D eigenvalue weighted by atomic mass is 9.96. The normalized spacial score (nSPS) is 15.5. The average Bonchev–Trinajstić information content (AvgIpc) is 2.73. The van der Waals surface area contributed by atoms with Crippen LogP contribution in [0.15, 0.2) is 29.3 Å². The highest BCUT2D eigenvalue weighted by molar-refractivity contribution is 5.79. The van der Waals surface area contributed by atoms with Gasteiger partial charge in [-0.05, 0) is 57.1 Å². The highest BCUT2D eigenvalue weighted by Crippen LogP contribution is 2.18. The first-order valence-electron chi connectivity index (χ1n) is 11.2. The summed E-state index contributed by atoms with van der Waals surface area (Å²) in [5, 5.41) is 3.44. The van der Waals surface area contributed by atoms with E-state index in [2.05, 4.69) is 46.5 Å². The van der Waals surface area contributed by atoms with Crippen molar-refractivity contribution in [2.45, 2.75) is 58.7 Å². The molecule has 7 heteroatoms. The summed E-state index contributed by atoms with van der Waals surface area (Å²) in [7, 11) is 5.66. The fourth-order valence-electron chi connectivity index (χ4n) is 3.52. The van der Waals surface area contributed by atoms with Crippen LogP contribution in [-0.4, -0.2) is 68.4 Å². The minimum atomic E-state index is -0.489. The van der Waals surface area contributed by atoms with Gasteiger partial charge in [0.25, 0.3) is 0 Å². The van der Waals surface area contributed by atoms with Crippen LogP contribution < -0.4 is 5.32 Å². The third-order valence-electron chi connectivity index (χ3n) is 5.39. The van der Waals surface area contributed by atoms with E-state index in [4.69, 9.17) is 9.47 Å². The molecule has 1 saturated heterocycles. The number of nitrogens with zero attached hydrogens (tertiary/aromatic N) is 3. The number of hydrogen-bond acceptors (Lipinski definition) is 4. The summed E-state index contributed by atoms with van der Waals surface area (Å²) in [6, 6.07) is 8.27. The first kappa shape index (κ1) is 25.0. The van der Waals surface area contributed by atoms with Crippen LogP contribution in [0.5, 0.6) is 0 Å². The molecule has 1 N–H and O–H groups in total. The van der Waals surface area contributed by atoms with Gasteiger partial charge in [-0.15, -0.1) is 0 Å². The van der Waals surface area contributed by atoms with Crippen molar-refractivity contribution in [3.63, 3.8) is 0 Å². The Hall–Kier alpha value is -2.28. The highest BCUT2D eigenvalue weighted by Gasteiger charge is 2.19. The van der Waals surface area contributed by atoms with Gasteiger partial charge in [0.1, 0.15) is 5.60 Å². The summed E-state index contributed by atoms with van der Waals surface area (Å²) < 4.78 is 10.9. The fourth-order valence-corrected chi connectivity index (χ4v) is 3.52. The van der Waals surface area contributed by atoms with Crippen molar-refractivity contribution in [1.82, 2.24) is 15.1 Å². The second-order valence-corrected chi connectivity index (χ2v) is 9.32. The molecule has 0 atom stereocenters. The molecule has 7 nitrogen and oxygen atoms in total. The molecule has 0 aromatic heterocycles. The van der Waals surface area contributed by atoms with Gasteiger partial charge in [0.2, 0.25) is 0 Å². The van der Waals surface area contributed by atoms with Crippen LogP contribution in [0.2, 0.25) is 0 Å². The number of nitrogens with one attached hydrogen (secondary N) is 1. The van der Waals surface area contributed by atoms with E-state index < -0.39 is 5.60 Å². The van der Waals surface area contributed by atoms with Gasteiger partial charge in [-0.3, -0.25) is 4.99 Å². The Kier molecular flexibility index (Phi) is 9.62. The second kappa shape index (κ2) is 11.9. The van der Waals surface area contributed by atoms with Crippen LogP contribution in [0.25, 0.3) is 0 Å². The third kappa shape index (κ3) is 9.17. The van der Waals surface area contributed by atoms with Crippen LogP contribution in [0.1, 0.15) is 51.2 Å². The summed E-state index contributed by atoms with van der Waals surface area (Å²) in [5.41, 5.74) is 1.75. The largest absolute Gasteiger partial charge is 0.444 e. The molecule has 0 unspecified atom stereocenters. The molecular formula is C24H40N4O3. The molecule has 2 rings (SSSR count). The zero-order chi connectivity index (χ0) is 22.9. The lowest BCUT2D eigenvalue weighted by molar-refractivity contribution is 0.0285. The molecule has 0 spiro atoms. The van der Waals surface area contributed by atoms with Gasteiger partial charge in [0, 0.05) is 54.0 Å². The monoisotopic (exact) mass is 432 g/mol. The molecule has 0 bridgehead atoms. The number of carbonyl (C=O) groups is 1. The van der Waals surface area contributed by atoms with E-state index in [0.717, 1.165) is 50.0 Å². The third-order valence-corrected chi connectivity index (χ3v) is 5.39. The number of amides is 1. The van der Waals surface area contributed by atoms with E-state index >= 15 is 0 Å². The molecular weight excluding hydrogens is 392 g/mol. The van der Waals surface area contributed by atoms with Crippen LogP contribution >= 0.6 is 0 Å². The molecule has 1 fully saturated rings. The predicted octanol–water partition coefficient (Wildman–Crippen LogP) is 3.88. The van der Waals surface area contributed by atoms with E-state index in [1.54, 1.807) is 11.9 Å². The van der Waals surface area contributed by atoms with Gasteiger partial charge in [-0.25, -0.2) is 4.79 Å². The first-order chi connectivity index (χ1) is 14.7. The summed E-state index contributed by atoms with van der Waals surface area (Å²) in [6.45, 7) is 9.61. The van der Waals surface area contributed by atoms with E-state index in [1.165, 1.54) is 12.0 Å². The molecule has 0 aliphatic carbocycles. The van der Waals surface area contributed by atoms with Crippen molar-refractivity contribution in [3.8, 4) is 0 Å². The van der Waals surface area contributed by atoms with Gasteiger partial charge in [-0.1, -0.05) is 24.3 Å². The Morgan fingerprint density at radius 3 is 2.32 bits per heavy atom. The van der Waals surface area contributed by atoms with E-state index in [9.17, 15) is 4.79 Å². The van der Waals surface area contributed by atoms with Gasteiger partial charge in [0.05, 0.1) is 0 Å². The smallest absolute Gasteiger partial charge is 0.410 e. The summed E-state index contributed by atoms with van der Waals surface area (Å²) in [4.78, 5) is 20.3. The quantitative estimate of drug-likeness (QED) is 0.523. The van der Waals surface area contributed by atoms with Crippen molar-refractivity contribution < 1.29 is 14.3 Å². The van der Waals surface area contributed by atoms with Gasteiger partial charge >= 0.3 is 6.09 Å². The molecule has 1 aromatic carbocycles. The zero-order valence-corrected chi connectivity index (χ0v) is 20.1. The second-order valence-electron chi connectivity index (χ2n) is 9.32. The first-order valence-corrected chi connectivity index (χ1v) is 11.2. The summed E-state index contributed by atoms with van der Waals surface area (Å²) >= 11 is 0. The zero-order valence-electron chi connectivity index (χ0n) is 20.1. The minimum Gasteiger partial charge on any atom is -0.444 e. The van der Waals surface area contributed by atoms with Gasteiger partial charge in [-0.2, -0.15) is 0 Å². The number of aliphatic imine (C=N–C) groups is 1. The maximum atomic E-state index is 12.1. The lowest BCUT2D eigenvalue weighted by Crippen LogP contribution is -2.39. The molecule has 0 radical (unpaired) electrons. The number of ether oxygens (including phenoxy) is 2. The highest BCUT2D eigenvalue weighted by atomic mass is 16.6. The number of rotatable bonds is 7. The Morgan fingerprint density at radius 1 is 1.13 bits per heavy atom. The predicted molar refractivity (Wildman–Crippen MR) is 125 cm³/mol. The maximum Gasteiger partial charge on any atom is 0.410 e. The fraction of sp³-hybridized carbons (Fsp3) is 0.667. The van der Waals surface area contributed by atoms with Crippen molar-refractivity contribution in [2.24, 2.45) is 10.9 Å². The number of benzene rings is 1. The Bertz CT molecular complexity index is 707. The number of guanidine groups is 1. The van der Waals surface area contributed by atoms with E-state index in [1.807, 2.05) is 27.8 Å². The van der Waals surface area contributed by atoms with Crippen molar-refractivity contribution in [3.05, 3.63) is 35.4 Å². The van der Waals surface area contributed by atoms with Crippen molar-refractivity contribution in [2.75, 3.05) is 40.9 Å². The van der Waals surface area contributed by atoms with Gasteiger partial charge in [0.15, 0.2) is 5.96 Å². The molecule has 1 heterocycles. The Labute approximate surface area is 187 Å². The van der Waals surface area contributed by atoms with E-state index in [-0.39, 0.29) is 6.09 Å². The maximum absolute atomic E-state index is 12.1. The topological polar surface area (TPSA) is 66.4 Å². The van der Waals surface area contributed by atoms with E-state index in [0.29, 0.717) is 13.1 Å². The van der Waals surface area contributed by atoms with Crippen LogP contribution in [0.3, 0.4) is 0 Å². The van der Waals surface area contributed by atoms with Crippen molar-refractivity contribution >= 4 is 12.1 Å². The van der Waals surface area contributed by atoms with Crippen LogP contribution in [0.4, 0.5) is 4.79 Å². The SMILES string of the molecule is CN=C(NCc1ccc(CN(C)C(=O)OC(C)(C)C)cc1)N(C)CCC1CCOCC1. The molecule has 1 aliphatic rings. The number of carbonyl (C=O) groups excluding carboxylic acids is 1. The molecule has 0 saturated carbocycles. The molecule has 1 aromatic rings. The van der Waals surface area contributed by atoms with Crippen LogP contribution in [0, 0.1) is 5.92 Å². The summed E-state index contributed by atoms with van der Waals surface area (Å²) in [5.74, 6) is 1.65.